The number of methoxy groups -OCH3 is 1. The zero-order chi connectivity index (χ0) is 18.2. The Labute approximate surface area is 148 Å². The minimum absolute atomic E-state index is 0.0386. The molecule has 2 rings (SSSR count). The highest BCUT2D eigenvalue weighted by Crippen LogP contribution is 2.23. The van der Waals surface area contributed by atoms with Crippen LogP contribution in [0.3, 0.4) is 0 Å². The summed E-state index contributed by atoms with van der Waals surface area (Å²) in [5.41, 5.74) is 1.72. The van der Waals surface area contributed by atoms with Gasteiger partial charge < -0.3 is 15.0 Å². The van der Waals surface area contributed by atoms with Crippen molar-refractivity contribution in [2.24, 2.45) is 0 Å². The van der Waals surface area contributed by atoms with Crippen LogP contribution in [0.1, 0.15) is 31.9 Å². The number of hydrogen-bond acceptors (Lipinski definition) is 3. The summed E-state index contributed by atoms with van der Waals surface area (Å²) in [4.78, 5) is 26.1. The third-order valence-corrected chi connectivity index (χ3v) is 3.96. The van der Waals surface area contributed by atoms with Crippen LogP contribution in [0, 0.1) is 0 Å². The lowest BCUT2D eigenvalue weighted by Gasteiger charge is -2.25. The van der Waals surface area contributed by atoms with Crippen molar-refractivity contribution in [1.82, 2.24) is 5.32 Å². The summed E-state index contributed by atoms with van der Waals surface area (Å²) in [5.74, 6) is 0.524. The van der Waals surface area contributed by atoms with Crippen molar-refractivity contribution in [1.29, 1.82) is 0 Å². The average Bonchev–Trinajstić information content (AvgIpc) is 2.62. The topological polar surface area (TPSA) is 58.6 Å². The highest BCUT2D eigenvalue weighted by atomic mass is 16.5. The first-order chi connectivity index (χ1) is 12.0. The fourth-order valence-electron chi connectivity index (χ4n) is 2.73. The van der Waals surface area contributed by atoms with Crippen molar-refractivity contribution in [2.45, 2.75) is 26.3 Å². The molecule has 0 radical (unpaired) electrons. The maximum Gasteiger partial charge on any atom is 0.229 e. The van der Waals surface area contributed by atoms with E-state index in [1.165, 1.54) is 6.92 Å². The van der Waals surface area contributed by atoms with Gasteiger partial charge in [-0.3, -0.25) is 9.59 Å². The minimum atomic E-state index is -0.381. The predicted molar refractivity (Wildman–Crippen MR) is 98.6 cm³/mol. The Morgan fingerprint density at radius 2 is 1.72 bits per heavy atom. The van der Waals surface area contributed by atoms with Gasteiger partial charge in [0.15, 0.2) is 0 Å². The third-order valence-electron chi connectivity index (χ3n) is 3.96. The van der Waals surface area contributed by atoms with Gasteiger partial charge >= 0.3 is 0 Å². The van der Waals surface area contributed by atoms with E-state index in [0.717, 1.165) is 17.0 Å². The maximum absolute atomic E-state index is 12.8. The normalized spacial score (nSPS) is 11.5. The molecule has 5 nitrogen and oxygen atoms in total. The summed E-state index contributed by atoms with van der Waals surface area (Å²) in [6, 6.07) is 16.5. The van der Waals surface area contributed by atoms with E-state index in [9.17, 15) is 9.59 Å². The highest BCUT2D eigenvalue weighted by molar-refractivity contribution is 5.94. The molecule has 1 N–H and O–H groups in total. The minimum Gasteiger partial charge on any atom is -0.497 e. The first-order valence-corrected chi connectivity index (χ1v) is 8.31. The van der Waals surface area contributed by atoms with Crippen molar-refractivity contribution in [3.63, 3.8) is 0 Å². The van der Waals surface area contributed by atoms with E-state index in [-0.39, 0.29) is 24.3 Å². The van der Waals surface area contributed by atoms with Crippen LogP contribution in [0.15, 0.2) is 54.6 Å². The zero-order valence-corrected chi connectivity index (χ0v) is 14.9. The summed E-state index contributed by atoms with van der Waals surface area (Å²) < 4.78 is 5.16. The molecular weight excluding hydrogens is 316 g/mol. The van der Waals surface area contributed by atoms with Gasteiger partial charge in [0.1, 0.15) is 5.75 Å². The Morgan fingerprint density at radius 1 is 1.08 bits per heavy atom. The van der Waals surface area contributed by atoms with Gasteiger partial charge in [-0.25, -0.2) is 0 Å². The number of nitrogens with zero attached hydrogens (tertiary/aromatic N) is 1. The monoisotopic (exact) mass is 340 g/mol. The average molecular weight is 340 g/mol. The molecule has 132 valence electrons. The van der Waals surface area contributed by atoms with E-state index in [2.05, 4.69) is 5.32 Å². The molecule has 0 aliphatic rings. The third kappa shape index (κ3) is 5.08. The zero-order valence-electron chi connectivity index (χ0n) is 14.9. The number of hydrogen-bond donors (Lipinski definition) is 1. The van der Waals surface area contributed by atoms with E-state index < -0.39 is 0 Å². The van der Waals surface area contributed by atoms with Crippen LogP contribution >= 0.6 is 0 Å². The van der Waals surface area contributed by atoms with Crippen LogP contribution in [0.5, 0.6) is 5.75 Å². The quantitative estimate of drug-likeness (QED) is 0.841. The van der Waals surface area contributed by atoms with E-state index >= 15 is 0 Å². The van der Waals surface area contributed by atoms with Crippen molar-refractivity contribution in [3.05, 3.63) is 60.2 Å². The Hall–Kier alpha value is -2.82. The summed E-state index contributed by atoms with van der Waals surface area (Å²) >= 11 is 0. The SMILES string of the molecule is CCN(C(=O)CC(NC(C)=O)c1ccc(OC)cc1)c1ccccc1. The molecule has 0 fully saturated rings. The second-order valence-corrected chi connectivity index (χ2v) is 5.70. The molecule has 1 unspecified atom stereocenters. The maximum atomic E-state index is 12.8. The second-order valence-electron chi connectivity index (χ2n) is 5.70. The van der Waals surface area contributed by atoms with Gasteiger partial charge in [-0.2, -0.15) is 0 Å². The van der Waals surface area contributed by atoms with Crippen LogP contribution in [-0.4, -0.2) is 25.5 Å². The van der Waals surface area contributed by atoms with Crippen LogP contribution in [0.4, 0.5) is 5.69 Å². The number of ether oxygens (including phenoxy) is 1. The summed E-state index contributed by atoms with van der Waals surface area (Å²) in [7, 11) is 1.60. The molecule has 0 aliphatic heterocycles. The molecule has 2 amide bonds. The Balaban J connectivity index is 2.20. The molecule has 0 saturated carbocycles. The lowest BCUT2D eigenvalue weighted by atomic mass is 10.0. The van der Waals surface area contributed by atoms with E-state index in [0.29, 0.717) is 6.54 Å². The molecule has 2 aromatic carbocycles. The molecule has 0 spiro atoms. The number of anilines is 1. The fraction of sp³-hybridized carbons (Fsp3) is 0.300. The fourth-order valence-corrected chi connectivity index (χ4v) is 2.73. The first-order valence-electron chi connectivity index (χ1n) is 8.31. The first kappa shape index (κ1) is 18.5. The molecule has 1 atom stereocenters. The molecule has 0 saturated heterocycles. The highest BCUT2D eigenvalue weighted by Gasteiger charge is 2.21. The Morgan fingerprint density at radius 3 is 2.24 bits per heavy atom. The molecule has 0 bridgehead atoms. The van der Waals surface area contributed by atoms with Gasteiger partial charge in [0.05, 0.1) is 19.6 Å². The molecule has 2 aromatic rings. The van der Waals surface area contributed by atoms with Gasteiger partial charge in [-0.05, 0) is 36.8 Å². The van der Waals surface area contributed by atoms with Gasteiger partial charge in [0.2, 0.25) is 11.8 Å². The number of rotatable bonds is 7. The Kier molecular flexibility index (Phi) is 6.57. The molecule has 0 aliphatic carbocycles. The van der Waals surface area contributed by atoms with E-state index in [1.807, 2.05) is 61.5 Å². The molecular formula is C20H24N2O3. The van der Waals surface area contributed by atoms with Crippen molar-refractivity contribution in [3.8, 4) is 5.75 Å². The van der Waals surface area contributed by atoms with Gasteiger partial charge in [-0.1, -0.05) is 30.3 Å². The van der Waals surface area contributed by atoms with Gasteiger partial charge in [-0.15, -0.1) is 0 Å². The number of benzene rings is 2. The van der Waals surface area contributed by atoms with E-state index in [1.54, 1.807) is 12.0 Å². The molecule has 0 aromatic heterocycles. The number of carbonyl (C=O) groups is 2. The number of nitrogens with one attached hydrogen (secondary N) is 1. The van der Waals surface area contributed by atoms with Gasteiger partial charge in [0.25, 0.3) is 0 Å². The number of para-hydroxylation sites is 1. The van der Waals surface area contributed by atoms with Crippen LogP contribution in [0.25, 0.3) is 0 Å². The number of amides is 2. The second kappa shape index (κ2) is 8.87. The lowest BCUT2D eigenvalue weighted by molar-refractivity contribution is -0.121. The Bertz CT molecular complexity index is 699. The molecule has 5 heteroatoms. The predicted octanol–water partition coefficient (Wildman–Crippen LogP) is 3.32. The smallest absolute Gasteiger partial charge is 0.229 e. The van der Waals surface area contributed by atoms with E-state index in [4.69, 9.17) is 4.74 Å². The summed E-state index contributed by atoms with van der Waals surface area (Å²) in [6.07, 6.45) is 0.189. The van der Waals surface area contributed by atoms with Crippen molar-refractivity contribution >= 4 is 17.5 Å². The largest absolute Gasteiger partial charge is 0.497 e. The molecule has 25 heavy (non-hydrogen) atoms. The summed E-state index contributed by atoms with van der Waals surface area (Å²) in [6.45, 7) is 3.96. The van der Waals surface area contributed by atoms with Crippen LogP contribution < -0.4 is 15.0 Å². The van der Waals surface area contributed by atoms with Gasteiger partial charge in [0, 0.05) is 19.2 Å². The molecule has 0 heterocycles. The van der Waals surface area contributed by atoms with Crippen LogP contribution in [0.2, 0.25) is 0 Å². The van der Waals surface area contributed by atoms with Crippen LogP contribution in [-0.2, 0) is 9.59 Å². The van der Waals surface area contributed by atoms with Crippen molar-refractivity contribution in [2.75, 3.05) is 18.6 Å². The number of carbonyl (C=O) groups excluding carboxylic acids is 2. The van der Waals surface area contributed by atoms with Crippen molar-refractivity contribution < 1.29 is 14.3 Å². The lowest BCUT2D eigenvalue weighted by Crippen LogP contribution is -2.35. The summed E-state index contributed by atoms with van der Waals surface area (Å²) in [5, 5.41) is 2.87. The standard InChI is InChI=1S/C20H24N2O3/c1-4-22(17-8-6-5-7-9-17)20(24)14-19(21-15(2)23)16-10-12-18(25-3)13-11-16/h5-13,19H,4,14H2,1-3H3,(H,21,23).